The molecule has 0 bridgehead atoms. The van der Waals surface area contributed by atoms with Crippen molar-refractivity contribution in [2.24, 2.45) is 4.99 Å². The lowest BCUT2D eigenvalue weighted by Gasteiger charge is -2.25. The quantitative estimate of drug-likeness (QED) is 0.403. The monoisotopic (exact) mass is 421 g/mol. The molecule has 1 N–H and O–H groups in total. The van der Waals surface area contributed by atoms with E-state index in [1.54, 1.807) is 6.26 Å². The highest BCUT2D eigenvalue weighted by molar-refractivity contribution is 5.80. The second-order valence-electron chi connectivity index (χ2n) is 8.50. The van der Waals surface area contributed by atoms with Crippen molar-refractivity contribution >= 4 is 5.96 Å². The summed E-state index contributed by atoms with van der Waals surface area (Å²) in [6, 6.07) is 13.2. The van der Waals surface area contributed by atoms with Crippen molar-refractivity contribution in [1.82, 2.24) is 20.0 Å². The summed E-state index contributed by atoms with van der Waals surface area (Å²) in [4.78, 5) is 12.3. The Kier molecular flexibility index (Phi) is 7.43. The fourth-order valence-electron chi connectivity index (χ4n) is 4.49. The van der Waals surface area contributed by atoms with Crippen molar-refractivity contribution in [2.75, 3.05) is 39.8 Å². The van der Waals surface area contributed by atoms with Gasteiger partial charge in [0.15, 0.2) is 5.96 Å². The van der Waals surface area contributed by atoms with Crippen LogP contribution in [0.15, 0.2) is 64.2 Å². The second kappa shape index (κ2) is 10.6. The van der Waals surface area contributed by atoms with E-state index in [1.165, 1.54) is 17.5 Å². The van der Waals surface area contributed by atoms with Crippen molar-refractivity contribution < 1.29 is 4.42 Å². The smallest absolute Gasteiger partial charge is 0.194 e. The van der Waals surface area contributed by atoms with E-state index in [2.05, 4.69) is 70.4 Å². The molecule has 0 aliphatic carbocycles. The van der Waals surface area contributed by atoms with E-state index in [0.29, 0.717) is 12.6 Å². The van der Waals surface area contributed by atoms with Crippen LogP contribution in [-0.2, 0) is 19.6 Å². The highest BCUT2D eigenvalue weighted by atomic mass is 16.3. The highest BCUT2D eigenvalue weighted by Crippen LogP contribution is 2.19. The van der Waals surface area contributed by atoms with Crippen molar-refractivity contribution in [3.63, 3.8) is 0 Å². The minimum atomic E-state index is 0.626. The molecule has 6 heteroatoms. The average molecular weight is 422 g/mol. The summed E-state index contributed by atoms with van der Waals surface area (Å²) in [5, 5.41) is 3.51. The average Bonchev–Trinajstić information content (AvgIpc) is 3.54. The standard InChI is InChI=1S/C25H35N5O/c1-3-26-25(30-15-12-23(19-30)29-13-6-7-14-29)27-17-21-9-4-5-10-22(21)18-28(2)20-24-11-8-16-31-24/h4-11,16,23H,3,12-15,17-20H2,1-2H3,(H,26,27). The van der Waals surface area contributed by atoms with Gasteiger partial charge >= 0.3 is 0 Å². The molecular weight excluding hydrogens is 386 g/mol. The van der Waals surface area contributed by atoms with Gasteiger partial charge in [0.05, 0.1) is 19.4 Å². The molecule has 0 saturated carbocycles. The molecule has 4 rings (SSSR count). The molecule has 0 radical (unpaired) electrons. The Morgan fingerprint density at radius 2 is 1.94 bits per heavy atom. The van der Waals surface area contributed by atoms with Gasteiger partial charge in [-0.1, -0.05) is 36.4 Å². The molecule has 0 spiro atoms. The molecule has 1 unspecified atom stereocenters. The van der Waals surface area contributed by atoms with Crippen molar-refractivity contribution in [1.29, 1.82) is 0 Å². The molecule has 1 atom stereocenters. The van der Waals surface area contributed by atoms with Crippen LogP contribution in [-0.4, -0.2) is 66.5 Å². The second-order valence-corrected chi connectivity index (χ2v) is 8.50. The minimum absolute atomic E-state index is 0.626. The zero-order valence-corrected chi connectivity index (χ0v) is 18.8. The molecule has 2 aliphatic rings. The van der Waals surface area contributed by atoms with Gasteiger partial charge in [-0.15, -0.1) is 0 Å². The lowest BCUT2D eigenvalue weighted by molar-refractivity contribution is 0.259. The van der Waals surface area contributed by atoms with Gasteiger partial charge in [0.2, 0.25) is 0 Å². The van der Waals surface area contributed by atoms with E-state index >= 15 is 0 Å². The molecule has 3 heterocycles. The number of nitrogens with one attached hydrogen (secondary N) is 1. The van der Waals surface area contributed by atoms with Crippen LogP contribution in [0.4, 0.5) is 0 Å². The fourth-order valence-corrected chi connectivity index (χ4v) is 4.49. The van der Waals surface area contributed by atoms with Gasteiger partial charge in [0.1, 0.15) is 5.76 Å². The Hall–Kier alpha value is -2.57. The number of furan rings is 1. The topological polar surface area (TPSA) is 47.3 Å². The largest absolute Gasteiger partial charge is 0.468 e. The van der Waals surface area contributed by atoms with Crippen molar-refractivity contribution in [3.8, 4) is 0 Å². The fraction of sp³-hybridized carbons (Fsp3) is 0.480. The molecule has 1 fully saturated rings. The van der Waals surface area contributed by atoms with Gasteiger partial charge in [0.25, 0.3) is 0 Å². The van der Waals surface area contributed by atoms with Crippen LogP contribution in [0.2, 0.25) is 0 Å². The minimum Gasteiger partial charge on any atom is -0.468 e. The predicted molar refractivity (Wildman–Crippen MR) is 126 cm³/mol. The Labute approximate surface area is 186 Å². The summed E-state index contributed by atoms with van der Waals surface area (Å²) in [7, 11) is 2.13. The molecule has 31 heavy (non-hydrogen) atoms. The van der Waals surface area contributed by atoms with Gasteiger partial charge in [-0.2, -0.15) is 0 Å². The summed E-state index contributed by atoms with van der Waals surface area (Å²) >= 11 is 0. The number of benzene rings is 1. The van der Waals surface area contributed by atoms with E-state index < -0.39 is 0 Å². The molecule has 166 valence electrons. The third-order valence-electron chi connectivity index (χ3n) is 6.12. The first-order chi connectivity index (χ1) is 15.2. The van der Waals surface area contributed by atoms with E-state index in [0.717, 1.165) is 57.5 Å². The van der Waals surface area contributed by atoms with E-state index in [-0.39, 0.29) is 0 Å². The van der Waals surface area contributed by atoms with E-state index in [1.807, 2.05) is 12.1 Å². The molecule has 2 aromatic rings. The summed E-state index contributed by atoms with van der Waals surface area (Å²) in [5.74, 6) is 2.03. The summed E-state index contributed by atoms with van der Waals surface area (Å²) in [5.41, 5.74) is 2.60. The van der Waals surface area contributed by atoms with Crippen molar-refractivity contribution in [3.05, 3.63) is 71.7 Å². The number of rotatable bonds is 8. The lowest BCUT2D eigenvalue weighted by atomic mass is 10.1. The zero-order valence-electron chi connectivity index (χ0n) is 18.8. The van der Waals surface area contributed by atoms with Crippen LogP contribution in [0.1, 0.15) is 30.2 Å². The molecule has 2 aliphatic heterocycles. The first-order valence-electron chi connectivity index (χ1n) is 11.4. The maximum Gasteiger partial charge on any atom is 0.194 e. The van der Waals surface area contributed by atoms with Gasteiger partial charge in [-0.3, -0.25) is 9.80 Å². The molecule has 0 amide bonds. The number of nitrogens with zero attached hydrogens (tertiary/aromatic N) is 4. The molecule has 1 aromatic carbocycles. The third kappa shape index (κ3) is 5.77. The Bertz CT molecular complexity index is 868. The summed E-state index contributed by atoms with van der Waals surface area (Å²) in [6.45, 7) is 9.70. The number of guanidine groups is 1. The molecule has 6 nitrogen and oxygen atoms in total. The summed E-state index contributed by atoms with van der Waals surface area (Å²) in [6.07, 6.45) is 7.50. The molecule has 1 saturated heterocycles. The zero-order chi connectivity index (χ0) is 21.5. The molecule has 1 aromatic heterocycles. The third-order valence-corrected chi connectivity index (χ3v) is 6.12. The SMILES string of the molecule is CCNC(=NCc1ccccc1CN(C)Cc1ccco1)N1CCC(N2CC=CC2)C1. The Balaban J connectivity index is 1.39. The summed E-state index contributed by atoms with van der Waals surface area (Å²) < 4.78 is 5.50. The maximum absolute atomic E-state index is 5.50. The number of likely N-dealkylation sites (tertiary alicyclic amines) is 1. The first kappa shape index (κ1) is 21.7. The number of hydrogen-bond acceptors (Lipinski definition) is 4. The normalized spacial score (nSPS) is 19.6. The van der Waals surface area contributed by atoms with Gasteiger partial charge in [-0.25, -0.2) is 4.99 Å². The molecular formula is C25H35N5O. The predicted octanol–water partition coefficient (Wildman–Crippen LogP) is 3.32. The van der Waals surface area contributed by atoms with Gasteiger partial charge < -0.3 is 14.6 Å². The van der Waals surface area contributed by atoms with E-state index in [4.69, 9.17) is 9.41 Å². The van der Waals surface area contributed by atoms with Gasteiger partial charge in [0, 0.05) is 45.3 Å². The van der Waals surface area contributed by atoms with Gasteiger partial charge in [-0.05, 0) is 43.7 Å². The highest BCUT2D eigenvalue weighted by Gasteiger charge is 2.29. The Morgan fingerprint density at radius 1 is 1.13 bits per heavy atom. The Morgan fingerprint density at radius 3 is 2.68 bits per heavy atom. The van der Waals surface area contributed by atoms with Crippen LogP contribution < -0.4 is 5.32 Å². The lowest BCUT2D eigenvalue weighted by Crippen LogP contribution is -2.42. The number of hydrogen-bond donors (Lipinski definition) is 1. The van der Waals surface area contributed by atoms with Crippen LogP contribution in [0.25, 0.3) is 0 Å². The van der Waals surface area contributed by atoms with Crippen LogP contribution in [0, 0.1) is 0 Å². The van der Waals surface area contributed by atoms with Crippen molar-refractivity contribution in [2.45, 2.75) is 39.0 Å². The van der Waals surface area contributed by atoms with Crippen LogP contribution in [0.5, 0.6) is 0 Å². The van der Waals surface area contributed by atoms with E-state index in [9.17, 15) is 0 Å². The van der Waals surface area contributed by atoms with Crippen LogP contribution in [0.3, 0.4) is 0 Å². The maximum atomic E-state index is 5.50. The van der Waals surface area contributed by atoms with Crippen LogP contribution >= 0.6 is 0 Å². The first-order valence-corrected chi connectivity index (χ1v) is 11.4. The number of aliphatic imine (C=N–C) groups is 1.